The summed E-state index contributed by atoms with van der Waals surface area (Å²) in [6.45, 7) is 1.83. The van der Waals surface area contributed by atoms with Gasteiger partial charge >= 0.3 is 0 Å². The van der Waals surface area contributed by atoms with Crippen molar-refractivity contribution in [2.45, 2.75) is 6.92 Å². The van der Waals surface area contributed by atoms with Crippen molar-refractivity contribution in [1.29, 1.82) is 0 Å². The van der Waals surface area contributed by atoms with Crippen molar-refractivity contribution in [2.24, 2.45) is 7.05 Å². The zero-order chi connectivity index (χ0) is 16.4. The van der Waals surface area contributed by atoms with Gasteiger partial charge in [0.2, 0.25) is 0 Å². The molecule has 1 aromatic carbocycles. The van der Waals surface area contributed by atoms with Crippen LogP contribution in [-0.2, 0) is 7.05 Å². The first-order chi connectivity index (χ1) is 11.1. The van der Waals surface area contributed by atoms with Crippen LogP contribution in [0.25, 0.3) is 11.3 Å². The molecule has 0 saturated heterocycles. The van der Waals surface area contributed by atoms with Gasteiger partial charge in [-0.2, -0.15) is 5.10 Å². The van der Waals surface area contributed by atoms with Crippen molar-refractivity contribution in [2.75, 3.05) is 11.1 Å². The number of nitrogen functional groups attached to an aromatic ring is 1. The molecule has 0 saturated carbocycles. The van der Waals surface area contributed by atoms with E-state index in [1.807, 2.05) is 44.3 Å². The van der Waals surface area contributed by atoms with Crippen LogP contribution >= 0.6 is 0 Å². The molecule has 3 rings (SSSR count). The Hall–Kier alpha value is -3.15. The van der Waals surface area contributed by atoms with Crippen LogP contribution in [0.5, 0.6) is 0 Å². The Balaban J connectivity index is 1.89. The fourth-order valence-electron chi connectivity index (χ4n) is 2.48. The number of hydrogen-bond donors (Lipinski definition) is 2. The van der Waals surface area contributed by atoms with Crippen LogP contribution in [-0.4, -0.2) is 20.7 Å². The van der Waals surface area contributed by atoms with E-state index in [0.29, 0.717) is 11.3 Å². The first kappa shape index (κ1) is 14.8. The first-order valence-corrected chi connectivity index (χ1v) is 7.17. The van der Waals surface area contributed by atoms with E-state index in [1.165, 1.54) is 0 Å². The summed E-state index contributed by atoms with van der Waals surface area (Å²) in [5.41, 5.74) is 9.64. The predicted molar refractivity (Wildman–Crippen MR) is 90.0 cm³/mol. The first-order valence-electron chi connectivity index (χ1n) is 7.17. The Bertz CT molecular complexity index is 849. The highest BCUT2D eigenvalue weighted by Gasteiger charge is 2.14. The molecule has 2 heterocycles. The summed E-state index contributed by atoms with van der Waals surface area (Å²) >= 11 is 0. The molecule has 2 aromatic heterocycles. The molecule has 116 valence electrons. The van der Waals surface area contributed by atoms with Crippen molar-refractivity contribution >= 4 is 17.4 Å². The van der Waals surface area contributed by atoms with E-state index in [2.05, 4.69) is 15.4 Å². The highest BCUT2D eigenvalue weighted by molar-refractivity contribution is 6.08. The van der Waals surface area contributed by atoms with Gasteiger partial charge in [0.15, 0.2) is 0 Å². The topological polar surface area (TPSA) is 85.8 Å². The molecule has 0 aliphatic heterocycles. The standard InChI is InChI=1S/C17H17N5O/c1-11-6-8-19-16(18)15(11)17(23)21-13-5-3-4-12(10-13)14-7-9-20-22(14)2/h3-10H,1-2H3,(H2,18,19)(H,21,23). The minimum atomic E-state index is -0.268. The summed E-state index contributed by atoms with van der Waals surface area (Å²) in [6.07, 6.45) is 3.32. The molecule has 0 spiro atoms. The van der Waals surface area contributed by atoms with Crippen LogP contribution < -0.4 is 11.1 Å². The minimum Gasteiger partial charge on any atom is -0.383 e. The molecular weight excluding hydrogens is 290 g/mol. The fourth-order valence-corrected chi connectivity index (χ4v) is 2.48. The van der Waals surface area contributed by atoms with Gasteiger partial charge in [0.05, 0.1) is 11.3 Å². The van der Waals surface area contributed by atoms with Gasteiger partial charge in [-0.3, -0.25) is 9.48 Å². The molecule has 1 amide bonds. The molecule has 0 bridgehead atoms. The van der Waals surface area contributed by atoms with Gasteiger partial charge in [-0.05, 0) is 36.8 Å². The third kappa shape index (κ3) is 2.91. The third-order valence-corrected chi connectivity index (χ3v) is 3.65. The van der Waals surface area contributed by atoms with Gasteiger partial charge in [-0.15, -0.1) is 0 Å². The Labute approximate surface area is 134 Å². The summed E-state index contributed by atoms with van der Waals surface area (Å²) in [5.74, 6) is -0.0412. The van der Waals surface area contributed by atoms with Crippen molar-refractivity contribution in [3.05, 3.63) is 59.9 Å². The number of hydrogen-bond acceptors (Lipinski definition) is 4. The van der Waals surface area contributed by atoms with Crippen molar-refractivity contribution in [3.63, 3.8) is 0 Å². The molecule has 23 heavy (non-hydrogen) atoms. The quantitative estimate of drug-likeness (QED) is 0.779. The van der Waals surface area contributed by atoms with Gasteiger partial charge in [0, 0.05) is 30.7 Å². The van der Waals surface area contributed by atoms with E-state index >= 15 is 0 Å². The van der Waals surface area contributed by atoms with Crippen molar-refractivity contribution < 1.29 is 4.79 Å². The molecule has 0 atom stereocenters. The highest BCUT2D eigenvalue weighted by atomic mass is 16.1. The number of nitrogens with one attached hydrogen (secondary N) is 1. The Kier molecular flexibility index (Phi) is 3.80. The summed E-state index contributed by atoms with van der Waals surface area (Å²) in [7, 11) is 1.88. The van der Waals surface area contributed by atoms with Crippen LogP contribution in [0.15, 0.2) is 48.8 Å². The number of amides is 1. The lowest BCUT2D eigenvalue weighted by Gasteiger charge is -2.10. The SMILES string of the molecule is Cc1ccnc(N)c1C(=O)Nc1cccc(-c2ccnn2C)c1. The number of benzene rings is 1. The van der Waals surface area contributed by atoms with E-state index < -0.39 is 0 Å². The van der Waals surface area contributed by atoms with Gasteiger partial charge in [-0.1, -0.05) is 12.1 Å². The molecule has 0 unspecified atom stereocenters. The van der Waals surface area contributed by atoms with Crippen molar-refractivity contribution in [3.8, 4) is 11.3 Å². The lowest BCUT2D eigenvalue weighted by molar-refractivity contribution is 0.102. The van der Waals surface area contributed by atoms with E-state index in [9.17, 15) is 4.79 Å². The number of rotatable bonds is 3. The maximum absolute atomic E-state index is 12.5. The van der Waals surface area contributed by atoms with Crippen LogP contribution in [0.4, 0.5) is 11.5 Å². The lowest BCUT2D eigenvalue weighted by Crippen LogP contribution is -2.16. The second-order valence-corrected chi connectivity index (χ2v) is 5.26. The highest BCUT2D eigenvalue weighted by Crippen LogP contribution is 2.23. The number of pyridine rings is 1. The molecule has 0 aliphatic rings. The molecule has 3 N–H and O–H groups in total. The zero-order valence-corrected chi connectivity index (χ0v) is 12.9. The summed E-state index contributed by atoms with van der Waals surface area (Å²) in [4.78, 5) is 16.4. The molecule has 0 fully saturated rings. The van der Waals surface area contributed by atoms with Crippen LogP contribution in [0.3, 0.4) is 0 Å². The van der Waals surface area contributed by atoms with Gasteiger partial charge in [0.25, 0.3) is 5.91 Å². The van der Waals surface area contributed by atoms with Gasteiger partial charge in [-0.25, -0.2) is 4.98 Å². The summed E-state index contributed by atoms with van der Waals surface area (Å²) in [6, 6.07) is 11.3. The number of nitrogens with zero attached hydrogens (tertiary/aromatic N) is 3. The van der Waals surface area contributed by atoms with E-state index in [4.69, 9.17) is 5.73 Å². The number of carbonyl (C=O) groups excluding carboxylic acids is 1. The van der Waals surface area contributed by atoms with Crippen LogP contribution in [0.2, 0.25) is 0 Å². The molecular formula is C17H17N5O. The number of nitrogens with two attached hydrogens (primary N) is 1. The largest absolute Gasteiger partial charge is 0.383 e. The number of aryl methyl sites for hydroxylation is 2. The molecule has 3 aromatic rings. The molecule has 6 nitrogen and oxygen atoms in total. The van der Waals surface area contributed by atoms with Crippen molar-refractivity contribution in [1.82, 2.24) is 14.8 Å². The number of anilines is 2. The maximum Gasteiger partial charge on any atom is 0.259 e. The normalized spacial score (nSPS) is 10.5. The Morgan fingerprint density at radius 1 is 1.22 bits per heavy atom. The lowest BCUT2D eigenvalue weighted by atomic mass is 10.1. The minimum absolute atomic E-state index is 0.227. The Morgan fingerprint density at radius 3 is 2.74 bits per heavy atom. The Morgan fingerprint density at radius 2 is 2.04 bits per heavy atom. The smallest absolute Gasteiger partial charge is 0.259 e. The van der Waals surface area contributed by atoms with Gasteiger partial charge in [0.1, 0.15) is 5.82 Å². The average Bonchev–Trinajstić information content (AvgIpc) is 2.93. The summed E-state index contributed by atoms with van der Waals surface area (Å²) in [5, 5.41) is 7.03. The second kappa shape index (κ2) is 5.92. The molecule has 6 heteroatoms. The number of carbonyl (C=O) groups is 1. The molecule has 0 aliphatic carbocycles. The fraction of sp³-hybridized carbons (Fsp3) is 0.118. The maximum atomic E-state index is 12.5. The number of aromatic nitrogens is 3. The second-order valence-electron chi connectivity index (χ2n) is 5.26. The van der Waals surface area contributed by atoms with E-state index in [0.717, 1.165) is 16.8 Å². The van der Waals surface area contributed by atoms with Gasteiger partial charge < -0.3 is 11.1 Å². The van der Waals surface area contributed by atoms with E-state index in [-0.39, 0.29) is 11.7 Å². The predicted octanol–water partition coefficient (Wildman–Crippen LogP) is 2.63. The van der Waals surface area contributed by atoms with Crippen LogP contribution in [0, 0.1) is 6.92 Å². The van der Waals surface area contributed by atoms with Crippen LogP contribution in [0.1, 0.15) is 15.9 Å². The average molecular weight is 307 g/mol. The zero-order valence-electron chi connectivity index (χ0n) is 12.9. The monoisotopic (exact) mass is 307 g/mol. The summed E-state index contributed by atoms with van der Waals surface area (Å²) < 4.78 is 1.78. The third-order valence-electron chi connectivity index (χ3n) is 3.65. The van der Waals surface area contributed by atoms with E-state index in [1.54, 1.807) is 23.1 Å². The molecule has 0 radical (unpaired) electrons.